The Hall–Kier alpha value is -0.870. The second kappa shape index (κ2) is 2.81. The molecule has 0 saturated carbocycles. The Balaban J connectivity index is 3.20. The average Bonchev–Trinajstić information content (AvgIpc) is 1.95. The summed E-state index contributed by atoms with van der Waals surface area (Å²) >= 11 is 4.23. The smallest absolute Gasteiger partial charge is 0.0253 e. The summed E-state index contributed by atoms with van der Waals surface area (Å²) < 4.78 is 0. The maximum atomic E-state index is 5.18. The van der Waals surface area contributed by atoms with Crippen LogP contribution in [0.2, 0.25) is 0 Å². The van der Waals surface area contributed by atoms with Crippen LogP contribution >= 0.6 is 12.6 Å². The molecule has 0 saturated heterocycles. The van der Waals surface area contributed by atoms with Gasteiger partial charge in [0.25, 0.3) is 0 Å². The second-order valence-corrected chi connectivity index (χ2v) is 2.63. The third-order valence-corrected chi connectivity index (χ3v) is 1.86. The second-order valence-electron chi connectivity index (χ2n) is 2.15. The number of aryl methyl sites for hydroxylation is 1. The number of thiol groups is 1. The topological polar surface area (TPSA) is 0 Å². The number of benzene rings is 1. The van der Waals surface area contributed by atoms with Crippen LogP contribution in [0.1, 0.15) is 11.1 Å². The molecule has 0 aromatic heterocycles. The molecule has 0 spiro atoms. The van der Waals surface area contributed by atoms with E-state index >= 15 is 0 Å². The van der Waals surface area contributed by atoms with E-state index in [0.717, 1.165) is 16.0 Å². The minimum Gasteiger partial charge on any atom is -0.143 e. The molecule has 50 valence electrons. The van der Waals surface area contributed by atoms with Crippen LogP contribution in [0.4, 0.5) is 0 Å². The van der Waals surface area contributed by atoms with E-state index in [0.29, 0.717) is 0 Å². The van der Waals surface area contributed by atoms with E-state index in [9.17, 15) is 0 Å². The van der Waals surface area contributed by atoms with Crippen LogP contribution in [-0.2, 0) is 0 Å². The average molecular weight is 148 g/mol. The van der Waals surface area contributed by atoms with Gasteiger partial charge in [0.05, 0.1) is 0 Å². The van der Waals surface area contributed by atoms with E-state index in [1.807, 2.05) is 25.1 Å². The molecule has 0 heterocycles. The monoisotopic (exact) mass is 148 g/mol. The van der Waals surface area contributed by atoms with Gasteiger partial charge in [0.1, 0.15) is 0 Å². The van der Waals surface area contributed by atoms with Gasteiger partial charge in [-0.15, -0.1) is 19.1 Å². The minimum absolute atomic E-state index is 0.885. The summed E-state index contributed by atoms with van der Waals surface area (Å²) in [6.07, 6.45) is 5.18. The van der Waals surface area contributed by atoms with Crippen molar-refractivity contribution in [3.8, 4) is 12.3 Å². The first-order chi connectivity index (χ1) is 4.74. The number of hydrogen-bond acceptors (Lipinski definition) is 1. The summed E-state index contributed by atoms with van der Waals surface area (Å²) in [6, 6.07) is 5.77. The van der Waals surface area contributed by atoms with Crippen LogP contribution < -0.4 is 0 Å². The zero-order valence-electron chi connectivity index (χ0n) is 5.76. The van der Waals surface area contributed by atoms with Crippen molar-refractivity contribution in [1.82, 2.24) is 0 Å². The van der Waals surface area contributed by atoms with Crippen molar-refractivity contribution < 1.29 is 0 Å². The molecule has 0 nitrogen and oxygen atoms in total. The van der Waals surface area contributed by atoms with Gasteiger partial charge in [-0.3, -0.25) is 0 Å². The molecule has 0 atom stereocenters. The Kier molecular flexibility index (Phi) is 2.03. The lowest BCUT2D eigenvalue weighted by Gasteiger charge is -1.97. The molecule has 1 aromatic carbocycles. The highest BCUT2D eigenvalue weighted by Gasteiger charge is 1.91. The predicted molar refractivity (Wildman–Crippen MR) is 46.4 cm³/mol. The van der Waals surface area contributed by atoms with Crippen LogP contribution in [0.15, 0.2) is 23.1 Å². The van der Waals surface area contributed by atoms with E-state index in [1.165, 1.54) is 0 Å². The molecule has 0 aliphatic heterocycles. The maximum absolute atomic E-state index is 5.18. The molecule has 0 amide bonds. The summed E-state index contributed by atoms with van der Waals surface area (Å²) in [5, 5.41) is 0. The normalized spacial score (nSPS) is 8.90. The van der Waals surface area contributed by atoms with Crippen LogP contribution in [0.25, 0.3) is 0 Å². The highest BCUT2D eigenvalue weighted by atomic mass is 32.1. The SMILES string of the molecule is C#Cc1ccc(C)c(S)c1. The molecular weight excluding hydrogens is 140 g/mol. The number of rotatable bonds is 0. The quantitative estimate of drug-likeness (QED) is 0.423. The van der Waals surface area contributed by atoms with Gasteiger partial charge in [-0.05, 0) is 24.6 Å². The molecule has 0 aliphatic carbocycles. The Labute approximate surface area is 66.7 Å². The Bertz CT molecular complexity index is 281. The van der Waals surface area contributed by atoms with Crippen molar-refractivity contribution in [2.75, 3.05) is 0 Å². The highest BCUT2D eigenvalue weighted by molar-refractivity contribution is 7.80. The molecule has 0 unspecified atom stereocenters. The molecule has 1 aromatic rings. The zero-order valence-corrected chi connectivity index (χ0v) is 6.65. The molecule has 0 aliphatic rings. The van der Waals surface area contributed by atoms with E-state index in [2.05, 4.69) is 18.5 Å². The van der Waals surface area contributed by atoms with Crippen molar-refractivity contribution >= 4 is 12.6 Å². The lowest BCUT2D eigenvalue weighted by Crippen LogP contribution is -1.77. The van der Waals surface area contributed by atoms with Crippen molar-refractivity contribution in [3.05, 3.63) is 29.3 Å². The summed E-state index contributed by atoms with van der Waals surface area (Å²) in [5.74, 6) is 2.55. The van der Waals surface area contributed by atoms with Gasteiger partial charge in [-0.2, -0.15) is 0 Å². The number of hydrogen-bond donors (Lipinski definition) is 1. The first-order valence-corrected chi connectivity index (χ1v) is 3.45. The van der Waals surface area contributed by atoms with Gasteiger partial charge < -0.3 is 0 Å². The first kappa shape index (κ1) is 7.24. The fourth-order valence-corrected chi connectivity index (χ4v) is 0.913. The fraction of sp³-hybridized carbons (Fsp3) is 0.111. The third-order valence-electron chi connectivity index (χ3n) is 1.38. The van der Waals surface area contributed by atoms with Crippen molar-refractivity contribution in [3.63, 3.8) is 0 Å². The van der Waals surface area contributed by atoms with Crippen molar-refractivity contribution in [1.29, 1.82) is 0 Å². The third kappa shape index (κ3) is 1.34. The Morgan fingerprint density at radius 1 is 1.50 bits per heavy atom. The van der Waals surface area contributed by atoms with E-state index in [4.69, 9.17) is 6.42 Å². The first-order valence-electron chi connectivity index (χ1n) is 3.00. The molecule has 1 rings (SSSR count). The minimum atomic E-state index is 0.885. The van der Waals surface area contributed by atoms with Crippen LogP contribution in [0.5, 0.6) is 0 Å². The van der Waals surface area contributed by atoms with Gasteiger partial charge in [0.2, 0.25) is 0 Å². The summed E-state index contributed by atoms with van der Waals surface area (Å²) in [4.78, 5) is 0.954. The van der Waals surface area contributed by atoms with E-state index < -0.39 is 0 Å². The van der Waals surface area contributed by atoms with Gasteiger partial charge in [0, 0.05) is 10.5 Å². The molecule has 0 N–H and O–H groups in total. The highest BCUT2D eigenvalue weighted by Crippen LogP contribution is 2.13. The molecule has 0 bridgehead atoms. The summed E-state index contributed by atoms with van der Waals surface area (Å²) in [7, 11) is 0. The molecular formula is C9H8S. The fourth-order valence-electron chi connectivity index (χ4n) is 0.699. The van der Waals surface area contributed by atoms with Crippen LogP contribution in [0, 0.1) is 19.3 Å². The van der Waals surface area contributed by atoms with Gasteiger partial charge in [-0.25, -0.2) is 0 Å². The molecule has 10 heavy (non-hydrogen) atoms. The van der Waals surface area contributed by atoms with Crippen molar-refractivity contribution in [2.45, 2.75) is 11.8 Å². The van der Waals surface area contributed by atoms with Gasteiger partial charge in [-0.1, -0.05) is 12.0 Å². The maximum Gasteiger partial charge on any atom is 0.0253 e. The lowest BCUT2D eigenvalue weighted by atomic mass is 10.2. The molecule has 0 fully saturated rings. The molecule has 0 radical (unpaired) electrons. The Morgan fingerprint density at radius 2 is 2.20 bits per heavy atom. The number of terminal acetylenes is 1. The summed E-state index contributed by atoms with van der Waals surface area (Å²) in [5.41, 5.74) is 2.04. The largest absolute Gasteiger partial charge is 0.143 e. The van der Waals surface area contributed by atoms with E-state index in [1.54, 1.807) is 0 Å². The van der Waals surface area contributed by atoms with Crippen LogP contribution in [0.3, 0.4) is 0 Å². The van der Waals surface area contributed by atoms with E-state index in [-0.39, 0.29) is 0 Å². The predicted octanol–water partition coefficient (Wildman–Crippen LogP) is 2.27. The van der Waals surface area contributed by atoms with Crippen molar-refractivity contribution in [2.24, 2.45) is 0 Å². The van der Waals surface area contributed by atoms with Gasteiger partial charge >= 0.3 is 0 Å². The van der Waals surface area contributed by atoms with Gasteiger partial charge in [0.15, 0.2) is 0 Å². The van der Waals surface area contributed by atoms with Crippen LogP contribution in [-0.4, -0.2) is 0 Å². The Morgan fingerprint density at radius 3 is 2.70 bits per heavy atom. The molecule has 1 heteroatoms. The zero-order chi connectivity index (χ0) is 7.56. The summed E-state index contributed by atoms with van der Waals surface area (Å²) in [6.45, 7) is 2.00. The standard InChI is InChI=1S/C9H8S/c1-3-8-5-4-7(2)9(10)6-8/h1,4-6,10H,2H3. The lowest BCUT2D eigenvalue weighted by molar-refractivity contribution is 1.30.